The van der Waals surface area contributed by atoms with Crippen LogP contribution in [0.3, 0.4) is 0 Å². The van der Waals surface area contributed by atoms with Crippen molar-refractivity contribution in [1.29, 1.82) is 0 Å². The Morgan fingerprint density at radius 2 is 2.05 bits per heavy atom. The minimum absolute atomic E-state index is 0.0775. The highest BCUT2D eigenvalue weighted by Crippen LogP contribution is 2.25. The molecule has 1 rings (SSSR count). The van der Waals surface area contributed by atoms with E-state index in [4.69, 9.17) is 11.6 Å². The largest absolute Gasteiger partial charge is 0.312 e. The predicted molar refractivity (Wildman–Crippen MR) is 82.2 cm³/mol. The van der Waals surface area contributed by atoms with Crippen molar-refractivity contribution < 1.29 is 4.92 Å². The molecule has 0 amide bonds. The zero-order valence-corrected chi connectivity index (χ0v) is 12.8. The average Bonchev–Trinajstić information content (AvgIpc) is 2.44. The Bertz CT molecular complexity index is 436. The molecule has 0 aliphatic carbocycles. The Morgan fingerprint density at radius 1 is 1.35 bits per heavy atom. The van der Waals surface area contributed by atoms with E-state index in [0.29, 0.717) is 17.1 Å². The summed E-state index contributed by atoms with van der Waals surface area (Å²) in [6.45, 7) is 8.66. The van der Waals surface area contributed by atoms with Crippen LogP contribution in [-0.2, 0) is 6.54 Å². The summed E-state index contributed by atoms with van der Waals surface area (Å²) in [6, 6.07) is 4.77. The molecule has 1 N–H and O–H groups in total. The summed E-state index contributed by atoms with van der Waals surface area (Å²) in [5, 5.41) is 14.6. The molecule has 0 fully saturated rings. The third-order valence-electron chi connectivity index (χ3n) is 3.31. The van der Waals surface area contributed by atoms with E-state index in [1.807, 2.05) is 0 Å². The maximum absolute atomic E-state index is 10.9. The molecular weight excluding hydrogens is 278 g/mol. The van der Waals surface area contributed by atoms with Gasteiger partial charge < -0.3 is 10.2 Å². The molecule has 0 radical (unpaired) electrons. The molecule has 0 heterocycles. The number of nitrogens with one attached hydrogen (secondary N) is 1. The number of nitro benzene ring substituents is 1. The monoisotopic (exact) mass is 299 g/mol. The highest BCUT2D eigenvalue weighted by Gasteiger charge is 2.15. The molecule has 0 bridgehead atoms. The Labute approximate surface area is 125 Å². The molecule has 1 aromatic rings. The SMILES string of the molecule is CCN(CC)CCCNCc1c(Cl)cccc1[N+](=O)[O-]. The second kappa shape index (κ2) is 8.89. The molecule has 0 aliphatic heterocycles. The van der Waals surface area contributed by atoms with Crippen molar-refractivity contribution in [2.45, 2.75) is 26.8 Å². The van der Waals surface area contributed by atoms with Crippen LogP contribution in [0, 0.1) is 10.1 Å². The number of halogens is 1. The fourth-order valence-electron chi connectivity index (χ4n) is 2.07. The Hall–Kier alpha value is -1.17. The van der Waals surface area contributed by atoms with Gasteiger partial charge in [-0.2, -0.15) is 0 Å². The predicted octanol–water partition coefficient (Wildman–Crippen LogP) is 3.07. The third kappa shape index (κ3) is 5.07. The van der Waals surface area contributed by atoms with E-state index >= 15 is 0 Å². The van der Waals surface area contributed by atoms with Crippen molar-refractivity contribution in [3.05, 3.63) is 38.9 Å². The lowest BCUT2D eigenvalue weighted by molar-refractivity contribution is -0.385. The van der Waals surface area contributed by atoms with Crippen LogP contribution in [0.25, 0.3) is 0 Å². The van der Waals surface area contributed by atoms with Gasteiger partial charge in [0.15, 0.2) is 0 Å². The summed E-state index contributed by atoms with van der Waals surface area (Å²) in [6.07, 6.45) is 1.01. The number of hydrogen-bond donors (Lipinski definition) is 1. The van der Waals surface area contributed by atoms with Crippen LogP contribution in [-0.4, -0.2) is 36.0 Å². The van der Waals surface area contributed by atoms with Gasteiger partial charge in [0.2, 0.25) is 0 Å². The van der Waals surface area contributed by atoms with E-state index in [1.54, 1.807) is 12.1 Å². The first kappa shape index (κ1) is 16.9. The Balaban J connectivity index is 2.44. The summed E-state index contributed by atoms with van der Waals surface area (Å²) in [5.41, 5.74) is 0.635. The van der Waals surface area contributed by atoms with E-state index in [2.05, 4.69) is 24.1 Å². The fourth-order valence-corrected chi connectivity index (χ4v) is 2.31. The van der Waals surface area contributed by atoms with Crippen LogP contribution < -0.4 is 5.32 Å². The van der Waals surface area contributed by atoms with E-state index in [9.17, 15) is 10.1 Å². The molecule has 0 aromatic heterocycles. The van der Waals surface area contributed by atoms with Crippen molar-refractivity contribution in [2.75, 3.05) is 26.2 Å². The van der Waals surface area contributed by atoms with Gasteiger partial charge in [-0.05, 0) is 38.7 Å². The van der Waals surface area contributed by atoms with Crippen molar-refractivity contribution in [3.63, 3.8) is 0 Å². The van der Waals surface area contributed by atoms with Crippen molar-refractivity contribution in [1.82, 2.24) is 10.2 Å². The zero-order valence-electron chi connectivity index (χ0n) is 12.1. The van der Waals surface area contributed by atoms with E-state index in [0.717, 1.165) is 32.6 Å². The number of benzene rings is 1. The first-order chi connectivity index (χ1) is 9.60. The zero-order chi connectivity index (χ0) is 15.0. The topological polar surface area (TPSA) is 58.4 Å². The van der Waals surface area contributed by atoms with Crippen LogP contribution in [0.15, 0.2) is 18.2 Å². The van der Waals surface area contributed by atoms with Crippen molar-refractivity contribution >= 4 is 17.3 Å². The molecule has 0 unspecified atom stereocenters. The lowest BCUT2D eigenvalue weighted by Crippen LogP contribution is -2.27. The van der Waals surface area contributed by atoms with Crippen molar-refractivity contribution in [2.24, 2.45) is 0 Å². The Morgan fingerprint density at radius 3 is 2.65 bits per heavy atom. The molecule has 112 valence electrons. The lowest BCUT2D eigenvalue weighted by Gasteiger charge is -2.17. The number of hydrogen-bond acceptors (Lipinski definition) is 4. The first-order valence-corrected chi connectivity index (χ1v) is 7.32. The highest BCUT2D eigenvalue weighted by atomic mass is 35.5. The van der Waals surface area contributed by atoms with Crippen LogP contribution in [0.5, 0.6) is 0 Å². The van der Waals surface area contributed by atoms with E-state index < -0.39 is 4.92 Å². The number of nitro groups is 1. The van der Waals surface area contributed by atoms with Crippen LogP contribution in [0.2, 0.25) is 5.02 Å². The molecule has 1 aromatic carbocycles. The van der Waals surface area contributed by atoms with Gasteiger partial charge >= 0.3 is 0 Å². The summed E-state index contributed by atoms with van der Waals surface area (Å²) in [7, 11) is 0. The summed E-state index contributed by atoms with van der Waals surface area (Å²) in [5.74, 6) is 0. The van der Waals surface area contributed by atoms with Gasteiger partial charge in [0.05, 0.1) is 15.5 Å². The first-order valence-electron chi connectivity index (χ1n) is 6.95. The Kier molecular flexibility index (Phi) is 7.51. The molecule has 0 aliphatic rings. The second-order valence-corrected chi connectivity index (χ2v) is 4.96. The molecule has 20 heavy (non-hydrogen) atoms. The standard InChI is InChI=1S/C14H22ClN3O2/c1-3-17(4-2)10-6-9-16-11-12-13(15)7-5-8-14(12)18(19)20/h5,7-8,16H,3-4,6,9-11H2,1-2H3. The van der Waals surface area contributed by atoms with Gasteiger partial charge in [-0.3, -0.25) is 10.1 Å². The van der Waals surface area contributed by atoms with Gasteiger partial charge in [0, 0.05) is 12.6 Å². The van der Waals surface area contributed by atoms with Gasteiger partial charge in [0.25, 0.3) is 5.69 Å². The lowest BCUT2D eigenvalue weighted by atomic mass is 10.2. The maximum Gasteiger partial charge on any atom is 0.275 e. The maximum atomic E-state index is 10.9. The molecule has 0 saturated carbocycles. The summed E-state index contributed by atoms with van der Waals surface area (Å²) >= 11 is 6.03. The molecule has 0 saturated heterocycles. The van der Waals surface area contributed by atoms with Gasteiger partial charge in [-0.15, -0.1) is 0 Å². The van der Waals surface area contributed by atoms with Crippen LogP contribution >= 0.6 is 11.6 Å². The third-order valence-corrected chi connectivity index (χ3v) is 3.67. The summed E-state index contributed by atoms with van der Waals surface area (Å²) in [4.78, 5) is 12.9. The molecule has 0 spiro atoms. The normalized spacial score (nSPS) is 11.0. The molecule has 5 nitrogen and oxygen atoms in total. The van der Waals surface area contributed by atoms with Gasteiger partial charge in [-0.1, -0.05) is 31.5 Å². The minimum Gasteiger partial charge on any atom is -0.312 e. The quantitative estimate of drug-likeness (QED) is 0.432. The van der Waals surface area contributed by atoms with Crippen LogP contribution in [0.4, 0.5) is 5.69 Å². The van der Waals surface area contributed by atoms with E-state index in [1.165, 1.54) is 6.07 Å². The van der Waals surface area contributed by atoms with Crippen molar-refractivity contribution in [3.8, 4) is 0 Å². The fraction of sp³-hybridized carbons (Fsp3) is 0.571. The van der Waals surface area contributed by atoms with Gasteiger partial charge in [0.1, 0.15) is 0 Å². The number of nitrogens with zero attached hydrogens (tertiary/aromatic N) is 2. The smallest absolute Gasteiger partial charge is 0.275 e. The molecular formula is C14H22ClN3O2. The molecule has 6 heteroatoms. The highest BCUT2D eigenvalue weighted by molar-refractivity contribution is 6.31. The van der Waals surface area contributed by atoms with Crippen LogP contribution in [0.1, 0.15) is 25.8 Å². The number of rotatable bonds is 9. The van der Waals surface area contributed by atoms with Gasteiger partial charge in [-0.25, -0.2) is 0 Å². The average molecular weight is 300 g/mol. The summed E-state index contributed by atoms with van der Waals surface area (Å²) < 4.78 is 0. The minimum atomic E-state index is -0.390. The molecule has 0 atom stereocenters. The van der Waals surface area contributed by atoms with E-state index in [-0.39, 0.29) is 5.69 Å². The second-order valence-electron chi connectivity index (χ2n) is 4.55.